The molecule has 0 radical (unpaired) electrons. The predicted octanol–water partition coefficient (Wildman–Crippen LogP) is 4.53. The maximum atomic E-state index is 12.3. The molecule has 0 heterocycles. The molecule has 4 aliphatic rings. The molecule has 154 valence electrons. The van der Waals surface area contributed by atoms with Crippen molar-refractivity contribution in [2.45, 2.75) is 84.2 Å². The van der Waals surface area contributed by atoms with Crippen molar-refractivity contribution in [1.29, 1.82) is 0 Å². The lowest BCUT2D eigenvalue weighted by Gasteiger charge is -2.62. The van der Waals surface area contributed by atoms with Crippen molar-refractivity contribution in [3.63, 3.8) is 0 Å². The van der Waals surface area contributed by atoms with Crippen molar-refractivity contribution in [2.24, 2.45) is 40.4 Å². The minimum absolute atomic E-state index is 0.260. The third-order valence-electron chi connectivity index (χ3n) is 9.92. The summed E-state index contributed by atoms with van der Waals surface area (Å²) < 4.78 is 0. The number of likely N-dealkylation sites (N-methyl/N-ethyl adjacent to an activating group) is 1. The van der Waals surface area contributed by atoms with Crippen molar-refractivity contribution in [3.8, 4) is 0 Å². The van der Waals surface area contributed by atoms with E-state index in [2.05, 4.69) is 32.8 Å². The van der Waals surface area contributed by atoms with Crippen LogP contribution in [0, 0.1) is 40.4 Å². The smallest absolute Gasteiger partial charge is 0.133 e. The van der Waals surface area contributed by atoms with Crippen molar-refractivity contribution in [2.75, 3.05) is 20.6 Å². The zero-order valence-corrected chi connectivity index (χ0v) is 18.3. The van der Waals surface area contributed by atoms with Crippen LogP contribution in [-0.2, 0) is 4.79 Å². The molecule has 8 atom stereocenters. The Morgan fingerprint density at radius 2 is 1.67 bits per heavy atom. The van der Waals surface area contributed by atoms with E-state index in [-0.39, 0.29) is 5.41 Å². The molecule has 0 spiro atoms. The lowest BCUT2D eigenvalue weighted by Crippen LogP contribution is -2.57. The van der Waals surface area contributed by atoms with Gasteiger partial charge in [-0.2, -0.15) is 0 Å². The van der Waals surface area contributed by atoms with Gasteiger partial charge in [-0.1, -0.05) is 13.8 Å². The summed E-state index contributed by atoms with van der Waals surface area (Å²) in [5.41, 5.74) is 0.171. The molecule has 0 aromatic carbocycles. The van der Waals surface area contributed by atoms with Gasteiger partial charge in [-0.05, 0) is 113 Å². The third-order valence-corrected chi connectivity index (χ3v) is 9.92. The number of nitrogens with zero attached hydrogens (tertiary/aromatic N) is 1. The minimum atomic E-state index is -0.489. The summed E-state index contributed by atoms with van der Waals surface area (Å²) in [6.45, 7) is 7.63. The molecule has 4 rings (SSSR count). The summed E-state index contributed by atoms with van der Waals surface area (Å²) in [5, 5.41) is 11.2. The molecule has 3 heteroatoms. The molecule has 0 aromatic rings. The second kappa shape index (κ2) is 6.55. The second-order valence-corrected chi connectivity index (χ2v) is 11.6. The Morgan fingerprint density at radius 1 is 0.963 bits per heavy atom. The maximum absolute atomic E-state index is 12.3. The van der Waals surface area contributed by atoms with Crippen LogP contribution < -0.4 is 0 Å². The first kappa shape index (κ1) is 19.9. The zero-order chi connectivity index (χ0) is 19.6. The van der Waals surface area contributed by atoms with Crippen molar-refractivity contribution >= 4 is 5.78 Å². The molecule has 3 unspecified atom stereocenters. The van der Waals surface area contributed by atoms with E-state index < -0.39 is 5.60 Å². The van der Waals surface area contributed by atoms with Crippen LogP contribution in [0.15, 0.2) is 0 Å². The molecule has 27 heavy (non-hydrogen) atoms. The van der Waals surface area contributed by atoms with Gasteiger partial charge in [-0.15, -0.1) is 0 Å². The number of carbonyl (C=O) groups is 1. The quantitative estimate of drug-likeness (QED) is 0.788. The van der Waals surface area contributed by atoms with Gasteiger partial charge in [-0.3, -0.25) is 4.79 Å². The fourth-order valence-electron chi connectivity index (χ4n) is 8.72. The molecule has 4 saturated carbocycles. The number of ketones is 1. The zero-order valence-electron chi connectivity index (χ0n) is 18.3. The van der Waals surface area contributed by atoms with Gasteiger partial charge in [0.2, 0.25) is 0 Å². The van der Waals surface area contributed by atoms with Gasteiger partial charge in [0, 0.05) is 12.5 Å². The van der Waals surface area contributed by atoms with Crippen LogP contribution in [0.5, 0.6) is 0 Å². The van der Waals surface area contributed by atoms with E-state index in [0.29, 0.717) is 23.0 Å². The number of aliphatic hydroxyl groups is 1. The van der Waals surface area contributed by atoms with E-state index >= 15 is 0 Å². The highest BCUT2D eigenvalue weighted by molar-refractivity contribution is 5.79. The first-order valence-electron chi connectivity index (χ1n) is 11.5. The minimum Gasteiger partial charge on any atom is -0.389 e. The van der Waals surface area contributed by atoms with E-state index in [1.165, 1.54) is 38.5 Å². The van der Waals surface area contributed by atoms with Crippen LogP contribution in [0.4, 0.5) is 0 Å². The largest absolute Gasteiger partial charge is 0.389 e. The highest BCUT2D eigenvalue weighted by Gasteiger charge is 2.61. The summed E-state index contributed by atoms with van der Waals surface area (Å²) in [7, 11) is 4.16. The van der Waals surface area contributed by atoms with Crippen LogP contribution in [-0.4, -0.2) is 42.0 Å². The summed E-state index contributed by atoms with van der Waals surface area (Å²) in [6, 6.07) is 0. The Hall–Kier alpha value is -0.410. The fraction of sp³-hybridized carbons (Fsp3) is 0.958. The molecule has 0 aliphatic heterocycles. The highest BCUT2D eigenvalue weighted by Crippen LogP contribution is 2.68. The lowest BCUT2D eigenvalue weighted by atomic mass is 9.44. The van der Waals surface area contributed by atoms with Gasteiger partial charge >= 0.3 is 0 Å². The van der Waals surface area contributed by atoms with Crippen LogP contribution >= 0.6 is 0 Å². The third kappa shape index (κ3) is 3.03. The maximum Gasteiger partial charge on any atom is 0.133 e. The topological polar surface area (TPSA) is 40.5 Å². The summed E-state index contributed by atoms with van der Waals surface area (Å²) in [4.78, 5) is 14.4. The van der Waals surface area contributed by atoms with Crippen LogP contribution in [0.2, 0.25) is 0 Å². The number of hydrogen-bond acceptors (Lipinski definition) is 3. The van der Waals surface area contributed by atoms with E-state index in [4.69, 9.17) is 0 Å². The summed E-state index contributed by atoms with van der Waals surface area (Å²) in [6.07, 6.45) is 10.7. The van der Waals surface area contributed by atoms with Gasteiger partial charge in [0.05, 0.1) is 5.60 Å². The Balaban J connectivity index is 1.55. The van der Waals surface area contributed by atoms with Gasteiger partial charge in [0.1, 0.15) is 5.78 Å². The van der Waals surface area contributed by atoms with E-state index in [1.54, 1.807) is 0 Å². The Morgan fingerprint density at radius 3 is 2.33 bits per heavy atom. The van der Waals surface area contributed by atoms with Gasteiger partial charge in [0.15, 0.2) is 0 Å². The van der Waals surface area contributed by atoms with Crippen molar-refractivity contribution in [1.82, 2.24) is 4.90 Å². The Bertz CT molecular complexity index is 603. The molecular weight excluding hydrogens is 334 g/mol. The normalized spacial score (nSPS) is 52.2. The van der Waals surface area contributed by atoms with Crippen LogP contribution in [0.25, 0.3) is 0 Å². The molecule has 3 nitrogen and oxygen atoms in total. The van der Waals surface area contributed by atoms with E-state index in [9.17, 15) is 9.90 Å². The van der Waals surface area contributed by atoms with Crippen LogP contribution in [0.3, 0.4) is 0 Å². The lowest BCUT2D eigenvalue weighted by molar-refractivity contribution is -0.156. The SMILES string of the molecule is CC(=O)[C@H]1CCC2C3CC[C@H]4C[C@@](O)(CN(C)C)CC[C@]4(C)C3CC[C@@]21C. The van der Waals surface area contributed by atoms with Gasteiger partial charge < -0.3 is 10.0 Å². The average Bonchev–Trinajstić information content (AvgIpc) is 2.92. The Labute approximate surface area is 166 Å². The van der Waals surface area contributed by atoms with E-state index in [1.807, 2.05) is 6.92 Å². The molecule has 0 bridgehead atoms. The molecule has 4 fully saturated rings. The van der Waals surface area contributed by atoms with Crippen molar-refractivity contribution in [3.05, 3.63) is 0 Å². The average molecular weight is 376 g/mol. The van der Waals surface area contributed by atoms with Crippen LogP contribution in [0.1, 0.15) is 78.6 Å². The highest BCUT2D eigenvalue weighted by atomic mass is 16.3. The number of Topliss-reactive ketones (excluding diaryl/α,β-unsaturated/α-hetero) is 1. The van der Waals surface area contributed by atoms with Gasteiger partial charge in [-0.25, -0.2) is 0 Å². The number of rotatable bonds is 3. The van der Waals surface area contributed by atoms with Crippen molar-refractivity contribution < 1.29 is 9.90 Å². The second-order valence-electron chi connectivity index (χ2n) is 11.6. The molecule has 4 aliphatic carbocycles. The molecule has 0 amide bonds. The first-order valence-corrected chi connectivity index (χ1v) is 11.5. The molecule has 0 saturated heterocycles. The molecule has 1 N–H and O–H groups in total. The molecular formula is C24H41NO2. The monoisotopic (exact) mass is 375 g/mol. The van der Waals surface area contributed by atoms with E-state index in [0.717, 1.165) is 43.6 Å². The summed E-state index contributed by atoms with van der Waals surface area (Å²) in [5.74, 6) is 3.80. The number of carbonyl (C=O) groups excluding carboxylic acids is 1. The standard InChI is InChI=1S/C24H41NO2/c1-16(26)19-8-9-20-18-7-6-17-14-24(27,15-25(4)5)13-12-22(17,2)21(18)10-11-23(19,20)3/h17-21,27H,6-15H2,1-5H3/t17-,18?,19+,20?,21?,22-,23+,24+/m0/s1. The predicted molar refractivity (Wildman–Crippen MR) is 109 cm³/mol. The first-order chi connectivity index (χ1) is 12.6. The number of hydrogen-bond donors (Lipinski definition) is 1. The fourth-order valence-corrected chi connectivity index (χ4v) is 8.72. The van der Waals surface area contributed by atoms with Gasteiger partial charge in [0.25, 0.3) is 0 Å². The Kier molecular flexibility index (Phi) is 4.83. The number of fused-ring (bicyclic) bond motifs is 5. The summed E-state index contributed by atoms with van der Waals surface area (Å²) >= 11 is 0. The molecule has 0 aromatic heterocycles.